The third-order valence-electron chi connectivity index (χ3n) is 4.65. The maximum Gasteiger partial charge on any atom is 0.251 e. The van der Waals surface area contributed by atoms with Crippen molar-refractivity contribution in [2.45, 2.75) is 32.2 Å². The summed E-state index contributed by atoms with van der Waals surface area (Å²) in [7, 11) is 0. The Bertz CT molecular complexity index is 849. The van der Waals surface area contributed by atoms with Gasteiger partial charge in [-0.1, -0.05) is 24.3 Å². The Morgan fingerprint density at radius 1 is 1.04 bits per heavy atom. The van der Waals surface area contributed by atoms with Crippen LogP contribution in [0.15, 0.2) is 48.5 Å². The van der Waals surface area contributed by atoms with Gasteiger partial charge in [-0.3, -0.25) is 4.79 Å². The molecule has 1 aliphatic rings. The van der Waals surface area contributed by atoms with Crippen LogP contribution in [0.2, 0.25) is 0 Å². The predicted molar refractivity (Wildman–Crippen MR) is 92.6 cm³/mol. The average molecular weight is 304 g/mol. The molecule has 3 nitrogen and oxygen atoms in total. The first-order chi connectivity index (χ1) is 11.3. The van der Waals surface area contributed by atoms with E-state index in [1.165, 1.54) is 35.0 Å². The number of aryl methyl sites for hydroxylation is 2. The summed E-state index contributed by atoms with van der Waals surface area (Å²) < 4.78 is 0. The van der Waals surface area contributed by atoms with Gasteiger partial charge in [-0.2, -0.15) is 0 Å². The van der Waals surface area contributed by atoms with E-state index in [2.05, 4.69) is 28.5 Å². The molecule has 2 N–H and O–H groups in total. The molecular formula is C20H20N2O. The SMILES string of the molecule is O=C(NCc1ccc2[nH]c3c(c2c1)CCCC3)c1ccccc1. The Labute approximate surface area is 135 Å². The summed E-state index contributed by atoms with van der Waals surface area (Å²) in [6.45, 7) is 0.559. The highest BCUT2D eigenvalue weighted by atomic mass is 16.1. The monoisotopic (exact) mass is 304 g/mol. The van der Waals surface area contributed by atoms with Gasteiger partial charge in [0.25, 0.3) is 5.91 Å². The number of aromatic nitrogens is 1. The molecule has 3 heteroatoms. The number of benzene rings is 2. The second-order valence-electron chi connectivity index (χ2n) is 6.22. The van der Waals surface area contributed by atoms with E-state index in [0.29, 0.717) is 12.1 Å². The second kappa shape index (κ2) is 5.92. The highest BCUT2D eigenvalue weighted by Crippen LogP contribution is 2.29. The second-order valence-corrected chi connectivity index (χ2v) is 6.22. The van der Waals surface area contributed by atoms with E-state index in [1.807, 2.05) is 30.3 Å². The lowest BCUT2D eigenvalue weighted by Crippen LogP contribution is -2.22. The van der Waals surface area contributed by atoms with E-state index in [4.69, 9.17) is 0 Å². The van der Waals surface area contributed by atoms with E-state index < -0.39 is 0 Å². The van der Waals surface area contributed by atoms with Crippen LogP contribution in [0.4, 0.5) is 0 Å². The molecule has 1 heterocycles. The molecule has 0 saturated carbocycles. The number of carbonyl (C=O) groups is 1. The van der Waals surface area contributed by atoms with Crippen molar-refractivity contribution in [1.82, 2.24) is 10.3 Å². The zero-order valence-corrected chi connectivity index (χ0v) is 13.1. The van der Waals surface area contributed by atoms with Gasteiger partial charge in [-0.15, -0.1) is 0 Å². The number of rotatable bonds is 3. The highest BCUT2D eigenvalue weighted by molar-refractivity contribution is 5.94. The van der Waals surface area contributed by atoms with E-state index in [1.54, 1.807) is 0 Å². The van der Waals surface area contributed by atoms with Gasteiger partial charge >= 0.3 is 0 Å². The van der Waals surface area contributed by atoms with Crippen molar-refractivity contribution >= 4 is 16.8 Å². The topological polar surface area (TPSA) is 44.9 Å². The summed E-state index contributed by atoms with van der Waals surface area (Å²) in [5, 5.41) is 4.33. The maximum absolute atomic E-state index is 12.1. The number of carbonyl (C=O) groups excluding carboxylic acids is 1. The molecule has 0 bridgehead atoms. The molecule has 2 aromatic carbocycles. The molecule has 0 radical (unpaired) electrons. The van der Waals surface area contributed by atoms with Crippen molar-refractivity contribution in [1.29, 1.82) is 0 Å². The standard InChI is InChI=1S/C20H20N2O/c23-20(15-6-2-1-3-7-15)21-13-14-10-11-19-17(12-14)16-8-4-5-9-18(16)22-19/h1-3,6-7,10-12,22H,4-5,8-9,13H2,(H,21,23). The quantitative estimate of drug-likeness (QED) is 0.755. The van der Waals surface area contributed by atoms with Crippen LogP contribution in [-0.2, 0) is 19.4 Å². The molecule has 1 aliphatic carbocycles. The van der Waals surface area contributed by atoms with Crippen LogP contribution in [0.1, 0.15) is 40.0 Å². The fourth-order valence-corrected chi connectivity index (χ4v) is 3.44. The number of nitrogens with one attached hydrogen (secondary N) is 2. The minimum Gasteiger partial charge on any atom is -0.358 e. The van der Waals surface area contributed by atoms with Crippen molar-refractivity contribution in [3.63, 3.8) is 0 Å². The van der Waals surface area contributed by atoms with E-state index in [9.17, 15) is 4.79 Å². The lowest BCUT2D eigenvalue weighted by atomic mass is 9.95. The number of aromatic amines is 1. The van der Waals surface area contributed by atoms with Crippen LogP contribution in [0, 0.1) is 0 Å². The maximum atomic E-state index is 12.1. The largest absolute Gasteiger partial charge is 0.358 e. The van der Waals surface area contributed by atoms with Gasteiger partial charge in [-0.05, 0) is 61.1 Å². The molecule has 1 amide bonds. The number of hydrogen-bond acceptors (Lipinski definition) is 1. The number of fused-ring (bicyclic) bond motifs is 3. The van der Waals surface area contributed by atoms with Gasteiger partial charge in [0.1, 0.15) is 0 Å². The number of amides is 1. The normalized spacial score (nSPS) is 13.7. The molecule has 0 saturated heterocycles. The Kier molecular flexibility index (Phi) is 3.62. The zero-order valence-electron chi connectivity index (χ0n) is 13.1. The Hall–Kier alpha value is -2.55. The average Bonchev–Trinajstić information content (AvgIpc) is 2.98. The van der Waals surface area contributed by atoms with Crippen molar-refractivity contribution in [2.75, 3.05) is 0 Å². The van der Waals surface area contributed by atoms with Crippen LogP contribution in [0.5, 0.6) is 0 Å². The van der Waals surface area contributed by atoms with Gasteiger partial charge in [0.15, 0.2) is 0 Å². The molecule has 116 valence electrons. The molecular weight excluding hydrogens is 284 g/mol. The third-order valence-corrected chi connectivity index (χ3v) is 4.65. The minimum atomic E-state index is -0.0261. The summed E-state index contributed by atoms with van der Waals surface area (Å²) in [6.07, 6.45) is 4.87. The van der Waals surface area contributed by atoms with Crippen LogP contribution in [0.3, 0.4) is 0 Å². The summed E-state index contributed by atoms with van der Waals surface area (Å²) >= 11 is 0. The molecule has 0 spiro atoms. The van der Waals surface area contributed by atoms with Crippen LogP contribution >= 0.6 is 0 Å². The molecule has 0 atom stereocenters. The molecule has 4 rings (SSSR count). The zero-order chi connectivity index (χ0) is 15.6. The third kappa shape index (κ3) is 2.74. The van der Waals surface area contributed by atoms with E-state index in [-0.39, 0.29) is 5.91 Å². The number of hydrogen-bond donors (Lipinski definition) is 2. The summed E-state index contributed by atoms with van der Waals surface area (Å²) in [5.74, 6) is -0.0261. The first-order valence-corrected chi connectivity index (χ1v) is 8.27. The first-order valence-electron chi connectivity index (χ1n) is 8.27. The van der Waals surface area contributed by atoms with Crippen LogP contribution < -0.4 is 5.32 Å². The summed E-state index contributed by atoms with van der Waals surface area (Å²) in [6, 6.07) is 15.8. The Balaban J connectivity index is 1.54. The lowest BCUT2D eigenvalue weighted by molar-refractivity contribution is 0.0951. The van der Waals surface area contributed by atoms with Gasteiger partial charge < -0.3 is 10.3 Å². The molecule has 0 unspecified atom stereocenters. The Morgan fingerprint density at radius 3 is 2.74 bits per heavy atom. The molecule has 0 fully saturated rings. The first kappa shape index (κ1) is 14.1. The van der Waals surface area contributed by atoms with Gasteiger partial charge in [-0.25, -0.2) is 0 Å². The molecule has 3 aromatic rings. The van der Waals surface area contributed by atoms with E-state index >= 15 is 0 Å². The highest BCUT2D eigenvalue weighted by Gasteiger charge is 2.15. The van der Waals surface area contributed by atoms with Crippen LogP contribution in [-0.4, -0.2) is 10.9 Å². The summed E-state index contributed by atoms with van der Waals surface area (Å²) in [5.41, 5.74) is 5.94. The predicted octanol–water partition coefficient (Wildman–Crippen LogP) is 3.98. The minimum absolute atomic E-state index is 0.0261. The smallest absolute Gasteiger partial charge is 0.251 e. The van der Waals surface area contributed by atoms with Crippen molar-refractivity contribution in [3.05, 3.63) is 70.9 Å². The number of H-pyrrole nitrogens is 1. The van der Waals surface area contributed by atoms with Gasteiger partial charge in [0.2, 0.25) is 0 Å². The molecule has 1 aromatic heterocycles. The van der Waals surface area contributed by atoms with Gasteiger partial charge in [0, 0.05) is 28.7 Å². The molecule has 0 aliphatic heterocycles. The van der Waals surface area contributed by atoms with Crippen LogP contribution in [0.25, 0.3) is 10.9 Å². The van der Waals surface area contributed by atoms with E-state index in [0.717, 1.165) is 18.4 Å². The van der Waals surface area contributed by atoms with Crippen molar-refractivity contribution in [3.8, 4) is 0 Å². The van der Waals surface area contributed by atoms with Crippen molar-refractivity contribution < 1.29 is 4.79 Å². The fourth-order valence-electron chi connectivity index (χ4n) is 3.44. The van der Waals surface area contributed by atoms with Crippen molar-refractivity contribution in [2.24, 2.45) is 0 Å². The van der Waals surface area contributed by atoms with Gasteiger partial charge in [0.05, 0.1) is 0 Å². The Morgan fingerprint density at radius 2 is 1.87 bits per heavy atom. The fraction of sp³-hybridized carbons (Fsp3) is 0.250. The summed E-state index contributed by atoms with van der Waals surface area (Å²) in [4.78, 5) is 15.7. The lowest BCUT2D eigenvalue weighted by Gasteiger charge is -2.10. The molecule has 23 heavy (non-hydrogen) atoms.